The number of likely N-dealkylation sites (tertiary alicyclic amines) is 1. The van der Waals surface area contributed by atoms with Gasteiger partial charge in [0.05, 0.1) is 12.4 Å². The minimum absolute atomic E-state index is 0.172. The molecule has 0 radical (unpaired) electrons. The van der Waals surface area contributed by atoms with Crippen molar-refractivity contribution in [2.24, 2.45) is 0 Å². The van der Waals surface area contributed by atoms with Crippen LogP contribution in [0.3, 0.4) is 0 Å². The summed E-state index contributed by atoms with van der Waals surface area (Å²) in [5.41, 5.74) is 3.10. The monoisotopic (exact) mass is 647 g/mol. The summed E-state index contributed by atoms with van der Waals surface area (Å²) in [5.74, 6) is -0.909. The van der Waals surface area contributed by atoms with Crippen LogP contribution in [0.15, 0.2) is 85.5 Å². The van der Waals surface area contributed by atoms with Crippen LogP contribution in [0.2, 0.25) is 0 Å². The van der Waals surface area contributed by atoms with Crippen LogP contribution in [-0.2, 0) is 16.1 Å². The van der Waals surface area contributed by atoms with E-state index in [-0.39, 0.29) is 18.0 Å². The Balaban J connectivity index is 1.41. The maximum atomic E-state index is 13.9. The lowest BCUT2D eigenvalue weighted by atomic mass is 9.97. The van der Waals surface area contributed by atoms with Gasteiger partial charge in [-0.05, 0) is 97.5 Å². The summed E-state index contributed by atoms with van der Waals surface area (Å²) in [6.07, 6.45) is 8.97. The number of amides is 1. The van der Waals surface area contributed by atoms with E-state index in [1.807, 2.05) is 30.1 Å². The number of thioether (sulfide) groups is 1. The fourth-order valence-corrected chi connectivity index (χ4v) is 5.98. The molecule has 0 saturated carbocycles. The summed E-state index contributed by atoms with van der Waals surface area (Å²) < 4.78 is 35.4. The number of hydrogen-bond donors (Lipinski definition) is 2. The van der Waals surface area contributed by atoms with Crippen molar-refractivity contribution in [3.05, 3.63) is 108 Å². The summed E-state index contributed by atoms with van der Waals surface area (Å²) in [6, 6.07) is 16.5. The van der Waals surface area contributed by atoms with Gasteiger partial charge in [0.15, 0.2) is 0 Å². The number of ether oxygens (including phenoxy) is 1. The highest BCUT2D eigenvalue weighted by Crippen LogP contribution is 2.30. The molecule has 2 atom stereocenters. The van der Waals surface area contributed by atoms with E-state index in [1.165, 1.54) is 24.3 Å². The molecule has 1 amide bonds. The summed E-state index contributed by atoms with van der Waals surface area (Å²) >= 11 is 1.59. The standard InChI is InChI=1S/C35H39F2N5O3S/c1-41-17-13-29(14-18-41)45-35(44)32(15-20-46-2)40-34(43)30-12-11-28(21-31(30)24-3-7-26(36)8-4-24)39-33(22-42-19-16-38-23-42)25-5-9-27(37)10-6-25/h3-12,16,19,21,23,29,32-33,39H,13-15,17-18,20,22H2,1-2H3,(H,40,43)/t32-,33?/m0/s1. The summed E-state index contributed by atoms with van der Waals surface area (Å²) in [7, 11) is 2.04. The maximum absolute atomic E-state index is 13.9. The van der Waals surface area contributed by atoms with Crippen LogP contribution in [0.5, 0.6) is 0 Å². The molecule has 1 aliphatic rings. The van der Waals surface area contributed by atoms with Crippen molar-refractivity contribution in [3.8, 4) is 11.1 Å². The molecule has 2 heterocycles. The van der Waals surface area contributed by atoms with Crippen molar-refractivity contribution in [1.29, 1.82) is 0 Å². The first kappa shape index (κ1) is 33.2. The molecule has 11 heteroatoms. The van der Waals surface area contributed by atoms with E-state index in [1.54, 1.807) is 60.7 Å². The van der Waals surface area contributed by atoms with E-state index >= 15 is 0 Å². The third-order valence-corrected chi connectivity index (χ3v) is 8.78. The molecular weight excluding hydrogens is 608 g/mol. The van der Waals surface area contributed by atoms with Gasteiger partial charge in [-0.25, -0.2) is 18.6 Å². The number of nitrogens with zero attached hydrogens (tertiary/aromatic N) is 3. The van der Waals surface area contributed by atoms with Gasteiger partial charge < -0.3 is 24.8 Å². The van der Waals surface area contributed by atoms with Gasteiger partial charge in [0.1, 0.15) is 23.8 Å². The number of halogens is 2. The average Bonchev–Trinajstić information content (AvgIpc) is 3.57. The number of hydrogen-bond acceptors (Lipinski definition) is 7. The minimum Gasteiger partial charge on any atom is -0.461 e. The Kier molecular flexibility index (Phi) is 11.4. The fourth-order valence-electron chi connectivity index (χ4n) is 5.51. The van der Waals surface area contributed by atoms with Crippen LogP contribution in [0.4, 0.5) is 14.5 Å². The Bertz CT molecular complexity index is 1580. The second-order valence-corrected chi connectivity index (χ2v) is 12.5. The topological polar surface area (TPSA) is 88.5 Å². The number of anilines is 1. The lowest BCUT2D eigenvalue weighted by molar-refractivity contribution is -0.153. The molecule has 0 aliphatic carbocycles. The molecule has 4 aromatic rings. The minimum atomic E-state index is -0.809. The highest BCUT2D eigenvalue weighted by Gasteiger charge is 2.28. The van der Waals surface area contributed by atoms with E-state index in [0.717, 1.165) is 31.5 Å². The van der Waals surface area contributed by atoms with Gasteiger partial charge in [-0.3, -0.25) is 4.79 Å². The number of benzene rings is 3. The third kappa shape index (κ3) is 8.95. The van der Waals surface area contributed by atoms with E-state index in [0.29, 0.717) is 41.1 Å². The zero-order valence-electron chi connectivity index (χ0n) is 26.0. The number of imidazole rings is 1. The van der Waals surface area contributed by atoms with Crippen molar-refractivity contribution < 1.29 is 23.1 Å². The first-order valence-electron chi connectivity index (χ1n) is 15.4. The van der Waals surface area contributed by atoms with Crippen molar-refractivity contribution in [1.82, 2.24) is 19.8 Å². The summed E-state index contributed by atoms with van der Waals surface area (Å²) in [4.78, 5) is 33.5. The molecule has 3 aromatic carbocycles. The first-order chi connectivity index (χ1) is 22.3. The number of rotatable bonds is 13. The first-order valence-corrected chi connectivity index (χ1v) is 16.7. The van der Waals surface area contributed by atoms with E-state index in [2.05, 4.69) is 20.5 Å². The Morgan fingerprint density at radius 2 is 1.72 bits per heavy atom. The Morgan fingerprint density at radius 1 is 1.02 bits per heavy atom. The van der Waals surface area contributed by atoms with Gasteiger partial charge in [0.2, 0.25) is 0 Å². The van der Waals surface area contributed by atoms with Crippen molar-refractivity contribution in [3.63, 3.8) is 0 Å². The van der Waals surface area contributed by atoms with Crippen LogP contribution in [-0.4, -0.2) is 70.6 Å². The van der Waals surface area contributed by atoms with Crippen LogP contribution in [0.1, 0.15) is 41.2 Å². The quantitative estimate of drug-likeness (QED) is 0.168. The molecule has 1 fully saturated rings. The molecule has 46 heavy (non-hydrogen) atoms. The van der Waals surface area contributed by atoms with Crippen LogP contribution >= 0.6 is 11.8 Å². The highest BCUT2D eigenvalue weighted by molar-refractivity contribution is 7.98. The second-order valence-electron chi connectivity index (χ2n) is 11.5. The van der Waals surface area contributed by atoms with Crippen LogP contribution < -0.4 is 10.6 Å². The molecule has 1 saturated heterocycles. The zero-order chi connectivity index (χ0) is 32.5. The smallest absolute Gasteiger partial charge is 0.328 e. The number of carbonyl (C=O) groups excluding carboxylic acids is 2. The van der Waals surface area contributed by atoms with E-state index < -0.39 is 23.7 Å². The molecule has 2 N–H and O–H groups in total. The predicted molar refractivity (Wildman–Crippen MR) is 178 cm³/mol. The number of esters is 1. The zero-order valence-corrected chi connectivity index (χ0v) is 26.8. The lowest BCUT2D eigenvalue weighted by Gasteiger charge is -2.30. The van der Waals surface area contributed by atoms with Crippen LogP contribution in [0, 0.1) is 11.6 Å². The number of nitrogens with one attached hydrogen (secondary N) is 2. The van der Waals surface area contributed by atoms with Gasteiger partial charge in [-0.2, -0.15) is 11.8 Å². The molecule has 242 valence electrons. The number of piperidine rings is 1. The lowest BCUT2D eigenvalue weighted by Crippen LogP contribution is -2.45. The highest BCUT2D eigenvalue weighted by atomic mass is 32.2. The maximum Gasteiger partial charge on any atom is 0.328 e. The SMILES string of the molecule is CSCC[C@H](NC(=O)c1ccc(NC(Cn2ccnc2)c2ccc(F)cc2)cc1-c1ccc(F)cc1)C(=O)OC1CCN(C)CC1. The largest absolute Gasteiger partial charge is 0.461 e. The molecule has 5 rings (SSSR count). The van der Waals surface area contributed by atoms with Crippen molar-refractivity contribution in [2.45, 2.75) is 44.0 Å². The van der Waals surface area contributed by atoms with Gasteiger partial charge >= 0.3 is 5.97 Å². The average molecular weight is 648 g/mol. The second kappa shape index (κ2) is 15.9. The van der Waals surface area contributed by atoms with Gasteiger partial charge in [0, 0.05) is 43.3 Å². The van der Waals surface area contributed by atoms with E-state index in [9.17, 15) is 18.4 Å². The third-order valence-electron chi connectivity index (χ3n) is 8.13. The molecule has 1 aliphatic heterocycles. The fraction of sp³-hybridized carbons (Fsp3) is 0.343. The molecule has 0 bridgehead atoms. The van der Waals surface area contributed by atoms with Crippen molar-refractivity contribution >= 4 is 29.3 Å². The van der Waals surface area contributed by atoms with Crippen molar-refractivity contribution in [2.75, 3.05) is 37.5 Å². The molecule has 1 aromatic heterocycles. The normalized spacial score (nSPS) is 15.2. The summed E-state index contributed by atoms with van der Waals surface area (Å²) in [5, 5.41) is 6.45. The summed E-state index contributed by atoms with van der Waals surface area (Å²) in [6.45, 7) is 2.22. The number of carbonyl (C=O) groups is 2. The molecule has 0 spiro atoms. The van der Waals surface area contributed by atoms with Gasteiger partial charge in [-0.15, -0.1) is 0 Å². The Morgan fingerprint density at radius 3 is 2.37 bits per heavy atom. The van der Waals surface area contributed by atoms with Gasteiger partial charge in [0.25, 0.3) is 5.91 Å². The Hall–Kier alpha value is -4.22. The van der Waals surface area contributed by atoms with Gasteiger partial charge in [-0.1, -0.05) is 24.3 Å². The molecule has 1 unspecified atom stereocenters. The van der Waals surface area contributed by atoms with E-state index in [4.69, 9.17) is 4.74 Å². The predicted octanol–water partition coefficient (Wildman–Crippen LogP) is 6.17. The number of aromatic nitrogens is 2. The molecule has 8 nitrogen and oxygen atoms in total. The van der Waals surface area contributed by atoms with Crippen LogP contribution in [0.25, 0.3) is 11.1 Å². The molecular formula is C35H39F2N5O3S. The Labute approximate surface area is 272 Å².